The van der Waals surface area contributed by atoms with Gasteiger partial charge >= 0.3 is 5.97 Å². The van der Waals surface area contributed by atoms with Crippen LogP contribution in [0.5, 0.6) is 11.5 Å². The van der Waals surface area contributed by atoms with Crippen LogP contribution in [0.2, 0.25) is 5.02 Å². The van der Waals surface area contributed by atoms with Crippen molar-refractivity contribution in [3.05, 3.63) is 22.2 Å². The van der Waals surface area contributed by atoms with E-state index in [4.69, 9.17) is 26.2 Å². The van der Waals surface area contributed by atoms with Crippen LogP contribution in [0.25, 0.3) is 0 Å². The molecule has 0 amide bonds. The normalized spacial score (nSPS) is 10.1. The molecule has 17 heavy (non-hydrogen) atoms. The second-order valence-corrected chi connectivity index (χ2v) is 4.01. The number of rotatable bonds is 5. The fourth-order valence-electron chi connectivity index (χ4n) is 1.69. The Hall–Kier alpha value is -1.42. The van der Waals surface area contributed by atoms with Gasteiger partial charge in [0.2, 0.25) is 0 Å². The van der Waals surface area contributed by atoms with E-state index in [-0.39, 0.29) is 6.42 Å². The fourth-order valence-corrected chi connectivity index (χ4v) is 1.98. The molecule has 1 rings (SSSR count). The van der Waals surface area contributed by atoms with Gasteiger partial charge in [-0.15, -0.1) is 0 Å². The van der Waals surface area contributed by atoms with Crippen LogP contribution in [-0.4, -0.2) is 25.3 Å². The average molecular weight is 259 g/mol. The monoisotopic (exact) mass is 258 g/mol. The molecule has 1 N–H and O–H groups in total. The Balaban J connectivity index is 3.16. The summed E-state index contributed by atoms with van der Waals surface area (Å²) in [5.74, 6) is 0.196. The molecule has 0 aliphatic heterocycles. The number of aryl methyl sites for hydroxylation is 1. The summed E-state index contributed by atoms with van der Waals surface area (Å²) in [4.78, 5) is 10.6. The van der Waals surface area contributed by atoms with Gasteiger partial charge in [0, 0.05) is 6.42 Å². The van der Waals surface area contributed by atoms with Gasteiger partial charge in [0.15, 0.2) is 11.5 Å². The number of carboxylic acid groups (broad SMARTS) is 1. The Morgan fingerprint density at radius 1 is 1.35 bits per heavy atom. The van der Waals surface area contributed by atoms with Crippen molar-refractivity contribution >= 4 is 17.6 Å². The van der Waals surface area contributed by atoms with Crippen molar-refractivity contribution < 1.29 is 19.4 Å². The van der Waals surface area contributed by atoms with Crippen LogP contribution in [-0.2, 0) is 11.2 Å². The molecule has 5 heteroatoms. The molecule has 0 aliphatic rings. The van der Waals surface area contributed by atoms with Crippen LogP contribution in [0, 0.1) is 6.92 Å². The van der Waals surface area contributed by atoms with Crippen molar-refractivity contribution in [2.24, 2.45) is 0 Å². The molecule has 4 nitrogen and oxygen atoms in total. The van der Waals surface area contributed by atoms with Gasteiger partial charge in [0.25, 0.3) is 0 Å². The quantitative estimate of drug-likeness (QED) is 0.882. The third-order valence-corrected chi connectivity index (χ3v) is 2.84. The first-order chi connectivity index (χ1) is 8.01. The van der Waals surface area contributed by atoms with E-state index in [1.165, 1.54) is 14.2 Å². The van der Waals surface area contributed by atoms with Crippen LogP contribution in [0.3, 0.4) is 0 Å². The van der Waals surface area contributed by atoms with Gasteiger partial charge in [0.05, 0.1) is 19.2 Å². The van der Waals surface area contributed by atoms with Crippen molar-refractivity contribution in [1.29, 1.82) is 0 Å². The van der Waals surface area contributed by atoms with Crippen molar-refractivity contribution in [1.82, 2.24) is 0 Å². The molecular weight excluding hydrogens is 244 g/mol. The number of carboxylic acids is 1. The largest absolute Gasteiger partial charge is 0.493 e. The number of methoxy groups -OCH3 is 2. The topological polar surface area (TPSA) is 55.8 Å². The molecule has 0 bridgehead atoms. The number of carbonyl (C=O) groups is 1. The highest BCUT2D eigenvalue weighted by molar-refractivity contribution is 6.32. The maximum absolute atomic E-state index is 10.6. The third kappa shape index (κ3) is 3.03. The number of ether oxygens (including phenoxy) is 2. The average Bonchev–Trinajstić information content (AvgIpc) is 2.28. The van der Waals surface area contributed by atoms with E-state index in [1.807, 2.05) is 6.92 Å². The predicted molar refractivity (Wildman–Crippen MR) is 65.2 cm³/mol. The van der Waals surface area contributed by atoms with Crippen molar-refractivity contribution in [2.45, 2.75) is 19.8 Å². The lowest BCUT2D eigenvalue weighted by atomic mass is 10.0. The third-order valence-electron chi connectivity index (χ3n) is 2.56. The van der Waals surface area contributed by atoms with Crippen LogP contribution in [0.4, 0.5) is 0 Å². The molecule has 0 saturated carbocycles. The Morgan fingerprint density at radius 3 is 2.41 bits per heavy atom. The summed E-state index contributed by atoms with van der Waals surface area (Å²) >= 11 is 6.05. The zero-order chi connectivity index (χ0) is 13.0. The number of hydrogen-bond acceptors (Lipinski definition) is 3. The Bertz CT molecular complexity index is 429. The summed E-state index contributed by atoms with van der Waals surface area (Å²) in [6, 6.07) is 1.72. The van der Waals surface area contributed by atoms with E-state index in [0.29, 0.717) is 22.9 Å². The first-order valence-electron chi connectivity index (χ1n) is 5.13. The zero-order valence-corrected chi connectivity index (χ0v) is 10.8. The first kappa shape index (κ1) is 13.6. The summed E-state index contributed by atoms with van der Waals surface area (Å²) in [5.41, 5.74) is 1.71. The van der Waals surface area contributed by atoms with E-state index in [1.54, 1.807) is 6.07 Å². The number of halogens is 1. The Kier molecular flexibility index (Phi) is 4.63. The standard InChI is InChI=1S/C12H15ClO4/c1-7-8(4-5-10(14)15)6-9(13)12(17-3)11(7)16-2/h6H,4-5H2,1-3H3,(H,14,15). The van der Waals surface area contributed by atoms with Crippen molar-refractivity contribution in [2.75, 3.05) is 14.2 Å². The second kappa shape index (κ2) is 5.77. The summed E-state index contributed by atoms with van der Waals surface area (Å²) in [7, 11) is 3.04. The molecule has 0 radical (unpaired) electrons. The maximum atomic E-state index is 10.6. The van der Waals surface area contributed by atoms with Gasteiger partial charge < -0.3 is 14.6 Å². The second-order valence-electron chi connectivity index (χ2n) is 3.60. The van der Waals surface area contributed by atoms with Crippen LogP contribution in [0.1, 0.15) is 17.5 Å². The summed E-state index contributed by atoms with van der Waals surface area (Å²) < 4.78 is 10.4. The number of hydrogen-bond donors (Lipinski definition) is 1. The molecule has 0 saturated heterocycles. The molecular formula is C12H15ClO4. The molecule has 1 aromatic rings. The molecule has 0 aromatic heterocycles. The highest BCUT2D eigenvalue weighted by Gasteiger charge is 2.16. The Morgan fingerprint density at radius 2 is 1.94 bits per heavy atom. The van der Waals surface area contributed by atoms with E-state index in [9.17, 15) is 4.79 Å². The van der Waals surface area contributed by atoms with Gasteiger partial charge in [-0.25, -0.2) is 0 Å². The molecule has 1 aromatic carbocycles. The van der Waals surface area contributed by atoms with Gasteiger partial charge in [-0.05, 0) is 30.5 Å². The number of aliphatic carboxylic acids is 1. The summed E-state index contributed by atoms with van der Waals surface area (Å²) in [6.45, 7) is 1.86. The molecule has 0 spiro atoms. The van der Waals surface area contributed by atoms with E-state index < -0.39 is 5.97 Å². The van der Waals surface area contributed by atoms with Crippen LogP contribution >= 0.6 is 11.6 Å². The minimum absolute atomic E-state index is 0.0622. The van der Waals surface area contributed by atoms with Crippen LogP contribution < -0.4 is 9.47 Å². The van der Waals surface area contributed by atoms with Crippen molar-refractivity contribution in [3.63, 3.8) is 0 Å². The van der Waals surface area contributed by atoms with E-state index in [2.05, 4.69) is 0 Å². The van der Waals surface area contributed by atoms with Gasteiger partial charge in [-0.3, -0.25) is 4.79 Å². The van der Waals surface area contributed by atoms with Gasteiger partial charge in [0.1, 0.15) is 0 Å². The fraction of sp³-hybridized carbons (Fsp3) is 0.417. The van der Waals surface area contributed by atoms with Crippen LogP contribution in [0.15, 0.2) is 6.07 Å². The van der Waals surface area contributed by atoms with E-state index >= 15 is 0 Å². The highest BCUT2D eigenvalue weighted by Crippen LogP contribution is 2.39. The minimum atomic E-state index is -0.838. The summed E-state index contributed by atoms with van der Waals surface area (Å²) in [5, 5.41) is 9.10. The SMILES string of the molecule is COc1c(Cl)cc(CCC(=O)O)c(C)c1OC. The molecule has 0 aliphatic carbocycles. The van der Waals surface area contributed by atoms with E-state index in [0.717, 1.165) is 11.1 Å². The highest BCUT2D eigenvalue weighted by atomic mass is 35.5. The molecule has 0 unspecified atom stereocenters. The molecule has 94 valence electrons. The lowest BCUT2D eigenvalue weighted by molar-refractivity contribution is -0.136. The maximum Gasteiger partial charge on any atom is 0.303 e. The molecule has 0 fully saturated rings. The predicted octanol–water partition coefficient (Wildman–Crippen LogP) is 2.68. The minimum Gasteiger partial charge on any atom is -0.493 e. The number of benzene rings is 1. The molecule has 0 atom stereocenters. The molecule has 0 heterocycles. The summed E-state index contributed by atoms with van der Waals surface area (Å²) in [6.07, 6.45) is 0.480. The smallest absolute Gasteiger partial charge is 0.303 e. The Labute approximate surface area is 105 Å². The zero-order valence-electron chi connectivity index (χ0n) is 10.0. The van der Waals surface area contributed by atoms with Gasteiger partial charge in [-0.2, -0.15) is 0 Å². The van der Waals surface area contributed by atoms with Gasteiger partial charge in [-0.1, -0.05) is 11.6 Å². The lowest BCUT2D eigenvalue weighted by Gasteiger charge is -2.15. The van der Waals surface area contributed by atoms with Crippen molar-refractivity contribution in [3.8, 4) is 11.5 Å². The lowest BCUT2D eigenvalue weighted by Crippen LogP contribution is -2.02. The first-order valence-corrected chi connectivity index (χ1v) is 5.50.